The van der Waals surface area contributed by atoms with Crippen molar-refractivity contribution in [2.45, 2.75) is 56.1 Å². The van der Waals surface area contributed by atoms with E-state index in [0.29, 0.717) is 10.8 Å². The van der Waals surface area contributed by atoms with Crippen LogP contribution in [0.15, 0.2) is 35.2 Å². The molecule has 2 aliphatic carbocycles. The summed E-state index contributed by atoms with van der Waals surface area (Å²) in [6.45, 7) is 4.57. The van der Waals surface area contributed by atoms with Crippen molar-refractivity contribution < 1.29 is 13.5 Å². The summed E-state index contributed by atoms with van der Waals surface area (Å²) in [5.41, 5.74) is 0.0485. The lowest BCUT2D eigenvalue weighted by Gasteiger charge is -2.46. The third-order valence-electron chi connectivity index (χ3n) is 6.58. The summed E-state index contributed by atoms with van der Waals surface area (Å²) < 4.78 is 26.3. The van der Waals surface area contributed by atoms with E-state index >= 15 is 0 Å². The van der Waals surface area contributed by atoms with Crippen LogP contribution in [0.3, 0.4) is 0 Å². The van der Waals surface area contributed by atoms with Crippen LogP contribution in [0.4, 0.5) is 0 Å². The van der Waals surface area contributed by atoms with Crippen molar-refractivity contribution in [2.75, 3.05) is 6.61 Å². The van der Waals surface area contributed by atoms with Gasteiger partial charge in [0.05, 0.1) is 10.1 Å². The highest BCUT2D eigenvalue weighted by Gasteiger charge is 2.55. The van der Waals surface area contributed by atoms with Gasteiger partial charge >= 0.3 is 0 Å². The highest BCUT2D eigenvalue weighted by molar-refractivity contribution is 7.92. The van der Waals surface area contributed by atoms with Gasteiger partial charge in [-0.1, -0.05) is 38.5 Å². The van der Waals surface area contributed by atoms with Gasteiger partial charge < -0.3 is 5.11 Å². The van der Waals surface area contributed by atoms with Gasteiger partial charge in [0.15, 0.2) is 9.84 Å². The van der Waals surface area contributed by atoms with Crippen molar-refractivity contribution in [1.82, 2.24) is 0 Å². The Balaban J connectivity index is 1.94. The molecule has 4 heteroatoms. The molecule has 128 valence electrons. The SMILES string of the molecule is C[C@H](CO)[C@@H]1CC[C@@H]2[C@@H](S(=O)(=O)c3ccccc3)CCC[C@]21C. The molecule has 0 aliphatic heterocycles. The zero-order valence-corrected chi connectivity index (χ0v) is 14.9. The van der Waals surface area contributed by atoms with E-state index in [1.165, 1.54) is 0 Å². The second kappa shape index (κ2) is 6.21. The van der Waals surface area contributed by atoms with Gasteiger partial charge in [-0.15, -0.1) is 0 Å². The molecule has 2 fully saturated rings. The Kier molecular flexibility index (Phi) is 4.58. The summed E-state index contributed by atoms with van der Waals surface area (Å²) in [6, 6.07) is 8.92. The molecule has 1 aromatic rings. The topological polar surface area (TPSA) is 54.4 Å². The summed E-state index contributed by atoms with van der Waals surface area (Å²) in [5, 5.41) is 9.32. The minimum absolute atomic E-state index is 0.0485. The highest BCUT2D eigenvalue weighted by Crippen LogP contribution is 2.59. The van der Waals surface area contributed by atoms with Gasteiger partial charge in [0.2, 0.25) is 0 Å². The van der Waals surface area contributed by atoms with Crippen LogP contribution in [0.5, 0.6) is 0 Å². The molecule has 0 bridgehead atoms. The van der Waals surface area contributed by atoms with Crippen LogP contribution in [-0.4, -0.2) is 25.4 Å². The molecule has 0 amide bonds. The molecule has 5 atom stereocenters. The minimum Gasteiger partial charge on any atom is -0.396 e. The molecule has 23 heavy (non-hydrogen) atoms. The number of fused-ring (bicyclic) bond motifs is 1. The lowest BCUT2D eigenvalue weighted by Crippen LogP contribution is -2.45. The Bertz CT molecular complexity index is 640. The summed E-state index contributed by atoms with van der Waals surface area (Å²) in [4.78, 5) is 0.466. The first-order valence-corrected chi connectivity index (χ1v) is 10.4. The van der Waals surface area contributed by atoms with Gasteiger partial charge in [0.25, 0.3) is 0 Å². The van der Waals surface area contributed by atoms with Crippen LogP contribution in [0, 0.1) is 23.2 Å². The summed E-state index contributed by atoms with van der Waals surface area (Å²) in [7, 11) is -3.27. The maximum atomic E-state index is 13.2. The van der Waals surface area contributed by atoms with Crippen LogP contribution in [-0.2, 0) is 9.84 Å². The van der Waals surface area contributed by atoms with E-state index in [-0.39, 0.29) is 29.1 Å². The predicted octanol–water partition coefficient (Wildman–Crippen LogP) is 3.67. The van der Waals surface area contributed by atoms with E-state index in [0.717, 1.165) is 32.1 Å². The molecule has 3 rings (SSSR count). The van der Waals surface area contributed by atoms with Crippen LogP contribution in [0.2, 0.25) is 0 Å². The molecule has 1 N–H and O–H groups in total. The van der Waals surface area contributed by atoms with E-state index in [4.69, 9.17) is 0 Å². The Morgan fingerprint density at radius 3 is 2.57 bits per heavy atom. The maximum absolute atomic E-state index is 13.2. The number of rotatable bonds is 4. The number of sulfone groups is 1. The van der Waals surface area contributed by atoms with Crippen LogP contribution in [0.25, 0.3) is 0 Å². The van der Waals surface area contributed by atoms with Crippen LogP contribution >= 0.6 is 0 Å². The second-order valence-electron chi connectivity index (χ2n) is 7.74. The highest BCUT2D eigenvalue weighted by atomic mass is 32.2. The van der Waals surface area contributed by atoms with Crippen molar-refractivity contribution in [3.63, 3.8) is 0 Å². The van der Waals surface area contributed by atoms with Crippen molar-refractivity contribution in [2.24, 2.45) is 23.2 Å². The second-order valence-corrected chi connectivity index (χ2v) is 9.91. The quantitative estimate of drug-likeness (QED) is 0.912. The molecular formula is C19H28O3S. The molecule has 3 nitrogen and oxygen atoms in total. The molecule has 1 aromatic carbocycles. The zero-order chi connectivity index (χ0) is 16.7. The number of aliphatic hydroxyl groups is 1. The Morgan fingerprint density at radius 2 is 1.91 bits per heavy atom. The molecule has 0 saturated heterocycles. The minimum atomic E-state index is -3.27. The third-order valence-corrected chi connectivity index (χ3v) is 8.87. The Morgan fingerprint density at radius 1 is 1.22 bits per heavy atom. The lowest BCUT2D eigenvalue weighted by molar-refractivity contribution is 0.0504. The fourth-order valence-corrected chi connectivity index (χ4v) is 7.62. The van der Waals surface area contributed by atoms with Gasteiger partial charge in [-0.05, 0) is 61.0 Å². The largest absolute Gasteiger partial charge is 0.396 e. The number of hydrogen-bond donors (Lipinski definition) is 1. The van der Waals surface area contributed by atoms with Gasteiger partial charge in [-0.2, -0.15) is 0 Å². The average molecular weight is 336 g/mol. The zero-order valence-electron chi connectivity index (χ0n) is 14.1. The van der Waals surface area contributed by atoms with Crippen LogP contribution in [0.1, 0.15) is 46.0 Å². The standard InChI is InChI=1S/C19H28O3S/c1-14(13-20)16-10-11-17-18(9-6-12-19(16,17)2)23(21,22)15-7-4-3-5-8-15/h3-5,7-8,14,16-18,20H,6,9-13H2,1-2H3/t14-,16+,17-,18+,19+/m1/s1. The van der Waals surface area contributed by atoms with Gasteiger partial charge in [-0.3, -0.25) is 0 Å². The first kappa shape index (κ1) is 17.0. The van der Waals surface area contributed by atoms with E-state index in [2.05, 4.69) is 13.8 Å². The monoisotopic (exact) mass is 336 g/mol. The molecule has 2 saturated carbocycles. The lowest BCUT2D eigenvalue weighted by atomic mass is 9.62. The predicted molar refractivity (Wildman–Crippen MR) is 91.8 cm³/mol. The van der Waals surface area contributed by atoms with Crippen molar-refractivity contribution in [3.05, 3.63) is 30.3 Å². The summed E-state index contributed by atoms with van der Waals surface area (Å²) >= 11 is 0. The van der Waals surface area contributed by atoms with E-state index in [1.807, 2.05) is 6.07 Å². The molecular weight excluding hydrogens is 308 g/mol. The first-order chi connectivity index (χ1) is 10.9. The van der Waals surface area contributed by atoms with Crippen LogP contribution < -0.4 is 0 Å². The van der Waals surface area contributed by atoms with Gasteiger partial charge in [0.1, 0.15) is 0 Å². The third kappa shape index (κ3) is 2.74. The van der Waals surface area contributed by atoms with E-state index in [9.17, 15) is 13.5 Å². The Hall–Kier alpha value is -0.870. The smallest absolute Gasteiger partial charge is 0.181 e. The fraction of sp³-hybridized carbons (Fsp3) is 0.684. The number of hydrogen-bond acceptors (Lipinski definition) is 3. The van der Waals surface area contributed by atoms with E-state index < -0.39 is 9.84 Å². The molecule has 0 aromatic heterocycles. The first-order valence-electron chi connectivity index (χ1n) is 8.81. The number of benzene rings is 1. The molecule has 0 unspecified atom stereocenters. The normalized spacial score (nSPS) is 35.7. The number of aliphatic hydroxyl groups excluding tert-OH is 1. The van der Waals surface area contributed by atoms with Crippen molar-refractivity contribution in [1.29, 1.82) is 0 Å². The molecule has 0 heterocycles. The molecule has 0 spiro atoms. The van der Waals surface area contributed by atoms with Crippen molar-refractivity contribution in [3.8, 4) is 0 Å². The summed E-state index contributed by atoms with van der Waals surface area (Å²) in [5.74, 6) is 0.912. The van der Waals surface area contributed by atoms with Gasteiger partial charge in [-0.25, -0.2) is 8.42 Å². The average Bonchev–Trinajstić information content (AvgIpc) is 2.91. The Labute approximate surface area is 140 Å². The maximum Gasteiger partial charge on any atom is 0.181 e. The van der Waals surface area contributed by atoms with Gasteiger partial charge in [0, 0.05) is 6.61 Å². The van der Waals surface area contributed by atoms with Crippen molar-refractivity contribution >= 4 is 9.84 Å². The molecule has 0 radical (unpaired) electrons. The summed E-state index contributed by atoms with van der Waals surface area (Å²) in [6.07, 6.45) is 4.86. The van der Waals surface area contributed by atoms with E-state index in [1.54, 1.807) is 24.3 Å². The fourth-order valence-electron chi connectivity index (χ4n) is 5.38. The molecule has 2 aliphatic rings.